The highest BCUT2D eigenvalue weighted by Crippen LogP contribution is 2.44. The number of fused-ring (bicyclic) bond motifs is 3. The Balaban J connectivity index is 1.54. The van der Waals surface area contributed by atoms with Gasteiger partial charge in [0.2, 0.25) is 0 Å². The second-order valence-electron chi connectivity index (χ2n) is 13.9. The van der Waals surface area contributed by atoms with E-state index in [0.717, 1.165) is 47.6 Å². The fourth-order valence-electron chi connectivity index (χ4n) is 5.54. The molecule has 1 aliphatic carbocycles. The number of thioether (sulfide) groups is 1. The summed E-state index contributed by atoms with van der Waals surface area (Å²) in [6.07, 6.45) is 8.55. The molecule has 268 valence electrons. The van der Waals surface area contributed by atoms with Gasteiger partial charge in [0.05, 0.1) is 13.0 Å². The van der Waals surface area contributed by atoms with Crippen LogP contribution in [0.25, 0.3) is 11.1 Å². The van der Waals surface area contributed by atoms with Crippen molar-refractivity contribution >= 4 is 43.0 Å². The third-order valence-corrected chi connectivity index (χ3v) is 11.3. The van der Waals surface area contributed by atoms with Gasteiger partial charge in [0.15, 0.2) is 5.12 Å². The number of allylic oxidation sites excluding steroid dienone is 1. The van der Waals surface area contributed by atoms with E-state index in [0.29, 0.717) is 25.2 Å². The second kappa shape index (κ2) is 20.3. The Labute approximate surface area is 298 Å². The van der Waals surface area contributed by atoms with E-state index in [2.05, 4.69) is 38.7 Å². The van der Waals surface area contributed by atoms with Crippen LogP contribution in [0.4, 0.5) is 4.79 Å². The predicted molar refractivity (Wildman–Crippen MR) is 201 cm³/mol. The molecule has 0 radical (unpaired) electrons. The number of likely N-dealkylation sites (N-methyl/N-ethyl adjacent to an activating group) is 1. The van der Waals surface area contributed by atoms with Gasteiger partial charge in [-0.25, -0.2) is 9.59 Å². The average Bonchev–Trinajstić information content (AvgIpc) is 3.39. The van der Waals surface area contributed by atoms with E-state index in [9.17, 15) is 19.2 Å². The van der Waals surface area contributed by atoms with Gasteiger partial charge in [-0.3, -0.25) is 14.5 Å². The van der Waals surface area contributed by atoms with Crippen LogP contribution in [0.15, 0.2) is 60.7 Å². The monoisotopic (exact) mass is 709 g/mol. The Bertz CT molecular complexity index is 1380. The lowest BCUT2D eigenvalue weighted by Crippen LogP contribution is -2.43. The quantitative estimate of drug-likeness (QED) is 0.0442. The predicted octanol–water partition coefficient (Wildman–Crippen LogP) is 9.01. The lowest BCUT2D eigenvalue weighted by molar-refractivity contribution is -0.155. The van der Waals surface area contributed by atoms with Crippen LogP contribution in [0.2, 0.25) is 25.7 Å². The molecular formula is C39H55NO7SSi. The van der Waals surface area contributed by atoms with Gasteiger partial charge in [-0.1, -0.05) is 119 Å². The first-order valence-corrected chi connectivity index (χ1v) is 22.4. The molecule has 0 saturated carbocycles. The minimum Gasteiger partial charge on any atom is -0.466 e. The van der Waals surface area contributed by atoms with Crippen molar-refractivity contribution in [1.29, 1.82) is 0 Å². The third kappa shape index (κ3) is 13.5. The summed E-state index contributed by atoms with van der Waals surface area (Å²) in [6.45, 7) is 10.8. The van der Waals surface area contributed by atoms with E-state index in [1.807, 2.05) is 42.5 Å². The summed E-state index contributed by atoms with van der Waals surface area (Å²) in [4.78, 5) is 52.5. The Morgan fingerprint density at radius 1 is 0.918 bits per heavy atom. The zero-order valence-corrected chi connectivity index (χ0v) is 32.0. The second-order valence-corrected chi connectivity index (χ2v) is 20.7. The van der Waals surface area contributed by atoms with Crippen LogP contribution in [0.1, 0.15) is 82.3 Å². The molecule has 0 spiro atoms. The standard InChI is InChI=1S/C39H55NO7SSi/c1-7-8-9-10-11-23-37(42)48-25-17-16-18-30(27-36(41)45-24-26-49(4,5)6)47-38(43)29(2)40(3)39(44)46-28-35-33-21-14-12-19-31(33)32-20-13-15-22-34(32)35/h12-16,18-22,29-30,35H,7-11,17,23-28H2,1-6H3/b18-16+/t29-,30+/m0/s1. The van der Waals surface area contributed by atoms with Crippen LogP contribution in [0, 0.1) is 0 Å². The summed E-state index contributed by atoms with van der Waals surface area (Å²) in [5, 5.41) is 0.184. The first kappa shape index (κ1) is 40.1. The molecule has 1 amide bonds. The van der Waals surface area contributed by atoms with E-state index in [1.54, 1.807) is 13.0 Å². The molecule has 2 aromatic rings. The van der Waals surface area contributed by atoms with Crippen molar-refractivity contribution in [3.05, 3.63) is 71.8 Å². The molecule has 49 heavy (non-hydrogen) atoms. The summed E-state index contributed by atoms with van der Waals surface area (Å²) in [7, 11) is 0.109. The maximum absolute atomic E-state index is 13.3. The smallest absolute Gasteiger partial charge is 0.410 e. The molecule has 0 aliphatic heterocycles. The number of ether oxygens (including phenoxy) is 3. The molecule has 0 saturated heterocycles. The number of hydrogen-bond acceptors (Lipinski definition) is 8. The summed E-state index contributed by atoms with van der Waals surface area (Å²) in [5.41, 5.74) is 4.46. The Kier molecular flexibility index (Phi) is 16.6. The highest BCUT2D eigenvalue weighted by molar-refractivity contribution is 8.13. The van der Waals surface area contributed by atoms with Crippen molar-refractivity contribution in [3.63, 3.8) is 0 Å². The van der Waals surface area contributed by atoms with E-state index in [4.69, 9.17) is 14.2 Å². The summed E-state index contributed by atoms with van der Waals surface area (Å²) in [6, 6.07) is 16.1. The summed E-state index contributed by atoms with van der Waals surface area (Å²) >= 11 is 1.31. The minimum atomic E-state index is -1.39. The van der Waals surface area contributed by atoms with Gasteiger partial charge in [-0.05, 0) is 54.1 Å². The molecule has 1 aliphatic rings. The number of rotatable bonds is 20. The molecule has 0 heterocycles. The van der Waals surface area contributed by atoms with E-state index in [1.165, 1.54) is 36.6 Å². The van der Waals surface area contributed by atoms with Gasteiger partial charge < -0.3 is 14.2 Å². The van der Waals surface area contributed by atoms with Crippen molar-refractivity contribution in [1.82, 2.24) is 4.90 Å². The average molecular weight is 710 g/mol. The molecular weight excluding hydrogens is 655 g/mol. The number of amides is 1. The normalized spacial score (nSPS) is 13.8. The molecule has 10 heteroatoms. The van der Waals surface area contributed by atoms with Crippen molar-refractivity contribution in [2.45, 2.75) is 109 Å². The topological polar surface area (TPSA) is 99.2 Å². The van der Waals surface area contributed by atoms with Crippen molar-refractivity contribution in [3.8, 4) is 11.1 Å². The van der Waals surface area contributed by atoms with Crippen LogP contribution >= 0.6 is 11.8 Å². The van der Waals surface area contributed by atoms with Crippen molar-refractivity contribution in [2.24, 2.45) is 0 Å². The van der Waals surface area contributed by atoms with Crippen LogP contribution in [-0.4, -0.2) is 74.3 Å². The largest absolute Gasteiger partial charge is 0.466 e. The molecule has 2 aromatic carbocycles. The third-order valence-electron chi connectivity index (χ3n) is 8.68. The molecule has 0 unspecified atom stereocenters. The SMILES string of the molecule is CCCCCCCC(=O)SCC/C=C/[C@H](CC(=O)OCC[Si](C)(C)C)OC(=O)[C@H](C)N(C)C(=O)OCC1c2ccccc2-c2ccccc21. The fourth-order valence-corrected chi connectivity index (χ4v) is 7.02. The van der Waals surface area contributed by atoms with Gasteiger partial charge in [0, 0.05) is 33.2 Å². The molecule has 0 bridgehead atoms. The maximum atomic E-state index is 13.3. The number of hydrogen-bond donors (Lipinski definition) is 0. The zero-order valence-electron chi connectivity index (χ0n) is 30.2. The highest BCUT2D eigenvalue weighted by atomic mass is 32.2. The molecule has 0 aromatic heterocycles. The van der Waals surface area contributed by atoms with E-state index >= 15 is 0 Å². The summed E-state index contributed by atoms with van der Waals surface area (Å²) < 4.78 is 16.9. The van der Waals surface area contributed by atoms with Gasteiger partial charge in [0.25, 0.3) is 0 Å². The minimum absolute atomic E-state index is 0.104. The van der Waals surface area contributed by atoms with Crippen LogP contribution in [-0.2, 0) is 28.6 Å². The number of carbonyl (C=O) groups excluding carboxylic acids is 4. The number of nitrogens with zero attached hydrogens (tertiary/aromatic N) is 1. The number of unbranched alkanes of at least 4 members (excludes halogenated alkanes) is 4. The van der Waals surface area contributed by atoms with E-state index < -0.39 is 38.3 Å². The van der Waals surface area contributed by atoms with Gasteiger partial charge in [0.1, 0.15) is 18.8 Å². The fraction of sp³-hybridized carbons (Fsp3) is 0.538. The summed E-state index contributed by atoms with van der Waals surface area (Å²) in [5.74, 6) is -0.612. The maximum Gasteiger partial charge on any atom is 0.410 e. The Morgan fingerprint density at radius 3 is 2.18 bits per heavy atom. The van der Waals surface area contributed by atoms with Crippen molar-refractivity contribution in [2.75, 3.05) is 26.0 Å². The van der Waals surface area contributed by atoms with Crippen LogP contribution < -0.4 is 0 Å². The van der Waals surface area contributed by atoms with Gasteiger partial charge >= 0.3 is 18.0 Å². The highest BCUT2D eigenvalue weighted by Gasteiger charge is 2.32. The van der Waals surface area contributed by atoms with Gasteiger partial charge in [-0.15, -0.1) is 0 Å². The first-order valence-electron chi connectivity index (χ1n) is 17.7. The number of benzene rings is 2. The molecule has 8 nitrogen and oxygen atoms in total. The van der Waals surface area contributed by atoms with Gasteiger partial charge in [-0.2, -0.15) is 0 Å². The molecule has 3 rings (SSSR count). The van der Waals surface area contributed by atoms with Crippen LogP contribution in [0.3, 0.4) is 0 Å². The lowest BCUT2D eigenvalue weighted by Gasteiger charge is -2.25. The lowest BCUT2D eigenvalue weighted by atomic mass is 9.98. The molecule has 0 N–H and O–H groups in total. The molecule has 2 atom stereocenters. The van der Waals surface area contributed by atoms with Crippen LogP contribution in [0.5, 0.6) is 0 Å². The number of esters is 2. The zero-order chi connectivity index (χ0) is 35.8. The first-order chi connectivity index (χ1) is 23.4. The molecule has 0 fully saturated rings. The number of carbonyl (C=O) groups is 4. The Hall–Kier alpha value is -3.37. The van der Waals surface area contributed by atoms with E-state index in [-0.39, 0.29) is 24.1 Å². The van der Waals surface area contributed by atoms with Crippen molar-refractivity contribution < 1.29 is 33.4 Å². The Morgan fingerprint density at radius 2 is 1.55 bits per heavy atom.